The number of unbranched alkanes of at least 4 members (excludes halogenated alkanes) is 11. The maximum absolute atomic E-state index is 5.00. The second-order valence-corrected chi connectivity index (χ2v) is 4.86. The van der Waals surface area contributed by atoms with Gasteiger partial charge in [0.05, 0.1) is 6.61 Å². The van der Waals surface area contributed by atoms with Crippen LogP contribution in [0.1, 0.15) is 84.0 Å². The van der Waals surface area contributed by atoms with Crippen LogP contribution in [0.4, 0.5) is 0 Å². The molecule has 0 saturated carbocycles. The quantitative estimate of drug-likeness (QED) is 0.275. The zero-order valence-electron chi connectivity index (χ0n) is 11.7. The van der Waals surface area contributed by atoms with Crippen LogP contribution >= 0.6 is 0 Å². The van der Waals surface area contributed by atoms with Gasteiger partial charge in [-0.1, -0.05) is 77.6 Å². The molecule has 0 unspecified atom stereocenters. The molecule has 0 aliphatic carbocycles. The van der Waals surface area contributed by atoms with Crippen molar-refractivity contribution in [3.8, 4) is 0 Å². The van der Waals surface area contributed by atoms with Gasteiger partial charge in [-0.2, -0.15) is 0 Å². The first-order chi connectivity index (χ1) is 8.41. The molecule has 17 heavy (non-hydrogen) atoms. The van der Waals surface area contributed by atoms with Crippen molar-refractivity contribution >= 4 is 0 Å². The van der Waals surface area contributed by atoms with Gasteiger partial charge in [0.1, 0.15) is 0 Å². The molecule has 0 aromatic heterocycles. The van der Waals surface area contributed by atoms with Gasteiger partial charge in [-0.3, -0.25) is 4.84 Å². The minimum atomic E-state index is 0.730. The van der Waals surface area contributed by atoms with Gasteiger partial charge >= 0.3 is 0 Å². The summed E-state index contributed by atoms with van der Waals surface area (Å²) in [6, 6.07) is 0. The second-order valence-electron chi connectivity index (χ2n) is 4.86. The van der Waals surface area contributed by atoms with E-state index >= 15 is 0 Å². The number of hydrogen-bond acceptors (Lipinski definition) is 3. The molecular weight excluding hydrogens is 212 g/mol. The highest BCUT2D eigenvalue weighted by molar-refractivity contribution is 4.48. The number of rotatable bonds is 14. The van der Waals surface area contributed by atoms with E-state index in [-0.39, 0.29) is 0 Å². The molecule has 3 N–H and O–H groups in total. The first-order valence-electron chi connectivity index (χ1n) is 7.49. The van der Waals surface area contributed by atoms with Gasteiger partial charge in [0.2, 0.25) is 0 Å². The fraction of sp³-hybridized carbons (Fsp3) is 1.00. The predicted octanol–water partition coefficient (Wildman–Crippen LogP) is 4.08. The lowest BCUT2D eigenvalue weighted by atomic mass is 10.1. The highest BCUT2D eigenvalue weighted by atomic mass is 16.7. The molecule has 0 amide bonds. The summed E-state index contributed by atoms with van der Waals surface area (Å²) in [6.45, 7) is 3.00. The number of hydrogen-bond donors (Lipinski definition) is 2. The van der Waals surface area contributed by atoms with Crippen LogP contribution in [0.15, 0.2) is 0 Å². The van der Waals surface area contributed by atoms with Crippen LogP contribution in [0.2, 0.25) is 0 Å². The lowest BCUT2D eigenvalue weighted by Crippen LogP contribution is -2.22. The van der Waals surface area contributed by atoms with E-state index in [2.05, 4.69) is 12.5 Å². The first kappa shape index (κ1) is 16.9. The van der Waals surface area contributed by atoms with Crippen LogP contribution in [0, 0.1) is 0 Å². The molecule has 0 aliphatic heterocycles. The van der Waals surface area contributed by atoms with E-state index in [1.165, 1.54) is 70.6 Å². The summed E-state index contributed by atoms with van der Waals surface area (Å²) >= 11 is 0. The predicted molar refractivity (Wildman–Crippen MR) is 74.4 cm³/mol. The lowest BCUT2D eigenvalue weighted by Gasteiger charge is -2.03. The van der Waals surface area contributed by atoms with Gasteiger partial charge in [-0.15, -0.1) is 5.59 Å². The van der Waals surface area contributed by atoms with Crippen LogP contribution in [0.3, 0.4) is 0 Å². The summed E-state index contributed by atoms with van der Waals surface area (Å²) in [5.41, 5.74) is 2.21. The molecule has 0 aromatic rings. The Morgan fingerprint density at radius 3 is 1.53 bits per heavy atom. The van der Waals surface area contributed by atoms with Crippen molar-refractivity contribution in [3.05, 3.63) is 0 Å². The van der Waals surface area contributed by atoms with E-state index in [1.807, 2.05) is 0 Å². The largest absolute Gasteiger partial charge is 0.287 e. The number of hydrazine groups is 1. The molecule has 0 bridgehead atoms. The van der Waals surface area contributed by atoms with Crippen molar-refractivity contribution in [2.75, 3.05) is 6.61 Å². The summed E-state index contributed by atoms with van der Waals surface area (Å²) in [6.07, 6.45) is 16.4. The van der Waals surface area contributed by atoms with Gasteiger partial charge < -0.3 is 0 Å². The Hall–Kier alpha value is -0.120. The highest BCUT2D eigenvalue weighted by Gasteiger charge is 1.93. The third-order valence-corrected chi connectivity index (χ3v) is 3.18. The average Bonchev–Trinajstić information content (AvgIpc) is 2.35. The normalized spacial score (nSPS) is 10.9. The Morgan fingerprint density at radius 2 is 1.12 bits per heavy atom. The molecular formula is C14H32N2O. The number of nitrogens with one attached hydrogen (secondary N) is 1. The zero-order chi connectivity index (χ0) is 12.6. The summed E-state index contributed by atoms with van der Waals surface area (Å²) in [4.78, 5) is 4.85. The molecule has 0 aliphatic rings. The molecule has 0 spiro atoms. The maximum atomic E-state index is 5.00. The van der Waals surface area contributed by atoms with E-state index < -0.39 is 0 Å². The summed E-state index contributed by atoms with van der Waals surface area (Å²) in [7, 11) is 0. The van der Waals surface area contributed by atoms with Crippen molar-refractivity contribution in [2.45, 2.75) is 84.0 Å². The van der Waals surface area contributed by atoms with Crippen molar-refractivity contribution < 1.29 is 4.84 Å². The van der Waals surface area contributed by atoms with E-state index in [4.69, 9.17) is 10.7 Å². The van der Waals surface area contributed by atoms with Crippen LogP contribution in [-0.4, -0.2) is 6.61 Å². The maximum Gasteiger partial charge on any atom is 0.0698 e. The molecule has 0 rings (SSSR count). The smallest absolute Gasteiger partial charge is 0.0698 e. The van der Waals surface area contributed by atoms with Crippen molar-refractivity contribution in [1.82, 2.24) is 5.59 Å². The van der Waals surface area contributed by atoms with Crippen LogP contribution in [0.5, 0.6) is 0 Å². The monoisotopic (exact) mass is 244 g/mol. The molecule has 0 atom stereocenters. The van der Waals surface area contributed by atoms with Gasteiger partial charge in [-0.05, 0) is 6.42 Å². The molecule has 3 heteroatoms. The van der Waals surface area contributed by atoms with Gasteiger partial charge in [0.15, 0.2) is 0 Å². The SMILES string of the molecule is CCCCCCCCCCCCCCONN. The second kappa shape index (κ2) is 15.9. The molecule has 0 heterocycles. The summed E-state index contributed by atoms with van der Waals surface area (Å²) < 4.78 is 0. The highest BCUT2D eigenvalue weighted by Crippen LogP contribution is 2.11. The third kappa shape index (κ3) is 15.9. The van der Waals surface area contributed by atoms with Gasteiger partial charge in [0.25, 0.3) is 0 Å². The van der Waals surface area contributed by atoms with Crippen LogP contribution in [0.25, 0.3) is 0 Å². The van der Waals surface area contributed by atoms with E-state index in [0.717, 1.165) is 13.0 Å². The van der Waals surface area contributed by atoms with E-state index in [1.54, 1.807) is 0 Å². The molecule has 3 nitrogen and oxygen atoms in total. The van der Waals surface area contributed by atoms with Crippen LogP contribution < -0.4 is 11.4 Å². The Morgan fingerprint density at radius 1 is 0.706 bits per heavy atom. The van der Waals surface area contributed by atoms with E-state index in [0.29, 0.717) is 0 Å². The minimum absolute atomic E-state index is 0.730. The Bertz CT molecular complexity index is 117. The van der Waals surface area contributed by atoms with Crippen LogP contribution in [-0.2, 0) is 4.84 Å². The fourth-order valence-corrected chi connectivity index (χ4v) is 2.07. The third-order valence-electron chi connectivity index (χ3n) is 3.18. The lowest BCUT2D eigenvalue weighted by molar-refractivity contribution is 0.0385. The topological polar surface area (TPSA) is 47.3 Å². The molecule has 104 valence electrons. The van der Waals surface area contributed by atoms with Gasteiger partial charge in [0, 0.05) is 0 Å². The van der Waals surface area contributed by atoms with E-state index in [9.17, 15) is 0 Å². The molecule has 0 fully saturated rings. The average molecular weight is 244 g/mol. The molecule has 0 radical (unpaired) electrons. The molecule has 0 aromatic carbocycles. The Labute approximate surface area is 107 Å². The van der Waals surface area contributed by atoms with Crippen molar-refractivity contribution in [3.63, 3.8) is 0 Å². The summed E-state index contributed by atoms with van der Waals surface area (Å²) in [5, 5.41) is 0. The first-order valence-corrected chi connectivity index (χ1v) is 7.49. The molecule has 0 saturated heterocycles. The minimum Gasteiger partial charge on any atom is -0.287 e. The van der Waals surface area contributed by atoms with Gasteiger partial charge in [-0.25, -0.2) is 5.84 Å². The Kier molecular flexibility index (Phi) is 15.8. The van der Waals surface area contributed by atoms with Crippen molar-refractivity contribution in [2.24, 2.45) is 5.84 Å². The fourth-order valence-electron chi connectivity index (χ4n) is 2.07. The number of nitrogens with two attached hydrogens (primary N) is 1. The van der Waals surface area contributed by atoms with Crippen molar-refractivity contribution in [1.29, 1.82) is 0 Å². The zero-order valence-corrected chi connectivity index (χ0v) is 11.7. The Balaban J connectivity index is 2.85. The standard InChI is InChI=1S/C14H32N2O/c1-2-3-4-5-6-7-8-9-10-11-12-13-14-17-16-15/h16H,2-15H2,1H3. The summed E-state index contributed by atoms with van der Waals surface area (Å²) in [5.74, 6) is 5.00.